The van der Waals surface area contributed by atoms with Crippen LogP contribution in [0.5, 0.6) is 5.75 Å². The Bertz CT molecular complexity index is 1400. The molecule has 2 aromatic carbocycles. The number of nitriles is 1. The van der Waals surface area contributed by atoms with Gasteiger partial charge in [0.15, 0.2) is 0 Å². The Morgan fingerprint density at radius 1 is 1.21 bits per heavy atom. The summed E-state index contributed by atoms with van der Waals surface area (Å²) >= 11 is 10.0. The molecule has 2 atom stereocenters. The van der Waals surface area contributed by atoms with Crippen molar-refractivity contribution in [2.45, 2.75) is 38.5 Å². The second-order valence-corrected chi connectivity index (χ2v) is 11.5. The minimum Gasteiger partial charge on any atom is -0.492 e. The molecular formula is C30H31BrClN5O2. The molecule has 0 bridgehead atoms. The molecule has 2 aliphatic heterocycles. The minimum absolute atomic E-state index is 0.0593. The molecule has 2 aromatic rings. The summed E-state index contributed by atoms with van der Waals surface area (Å²) in [5.74, 6) is 1.30. The molecule has 0 amide bonds. The molecule has 1 saturated heterocycles. The fraction of sp³-hybridized carbons (Fsp3) is 0.333. The molecule has 0 saturated carbocycles. The topological polar surface area (TPSA) is 95.9 Å². The Balaban J connectivity index is 1.34. The van der Waals surface area contributed by atoms with Gasteiger partial charge in [0, 0.05) is 41.0 Å². The lowest BCUT2D eigenvalue weighted by Gasteiger charge is -2.37. The Labute approximate surface area is 242 Å². The highest BCUT2D eigenvalue weighted by Gasteiger charge is 2.36. The summed E-state index contributed by atoms with van der Waals surface area (Å²) in [5.41, 5.74) is 10.9. The van der Waals surface area contributed by atoms with Crippen LogP contribution in [-0.4, -0.2) is 43.4 Å². The number of nitrogens with one attached hydrogen (secondary N) is 1. The van der Waals surface area contributed by atoms with Crippen LogP contribution >= 0.6 is 27.5 Å². The maximum absolute atomic E-state index is 9.86. The number of nitrogens with zero attached hydrogens (tertiary/aromatic N) is 3. The van der Waals surface area contributed by atoms with Crippen LogP contribution in [0.4, 0.5) is 5.69 Å². The highest BCUT2D eigenvalue weighted by atomic mass is 79.9. The van der Waals surface area contributed by atoms with E-state index in [1.807, 2.05) is 42.5 Å². The third-order valence-electron chi connectivity index (χ3n) is 7.31. The second-order valence-electron chi connectivity index (χ2n) is 10.1. The molecule has 0 radical (unpaired) electrons. The van der Waals surface area contributed by atoms with Crippen LogP contribution in [0, 0.1) is 17.2 Å². The van der Waals surface area contributed by atoms with E-state index in [2.05, 4.69) is 46.2 Å². The van der Waals surface area contributed by atoms with Gasteiger partial charge in [-0.3, -0.25) is 4.99 Å². The number of hydrogen-bond donors (Lipinski definition) is 2. The number of piperidine rings is 1. The van der Waals surface area contributed by atoms with Crippen LogP contribution < -0.4 is 15.8 Å². The lowest BCUT2D eigenvalue weighted by molar-refractivity contribution is 0.0410. The van der Waals surface area contributed by atoms with E-state index in [-0.39, 0.29) is 18.1 Å². The van der Waals surface area contributed by atoms with Gasteiger partial charge in [-0.2, -0.15) is 5.26 Å². The van der Waals surface area contributed by atoms with Crippen molar-refractivity contribution in [3.05, 3.63) is 91.9 Å². The van der Waals surface area contributed by atoms with Crippen molar-refractivity contribution < 1.29 is 9.47 Å². The van der Waals surface area contributed by atoms with Crippen molar-refractivity contribution in [1.29, 1.82) is 5.26 Å². The lowest BCUT2D eigenvalue weighted by Crippen LogP contribution is -2.37. The zero-order valence-electron chi connectivity index (χ0n) is 22.0. The molecule has 39 heavy (non-hydrogen) atoms. The van der Waals surface area contributed by atoms with Crippen molar-refractivity contribution in [3.63, 3.8) is 0 Å². The first kappa shape index (κ1) is 27.3. The highest BCUT2D eigenvalue weighted by Crippen LogP contribution is 2.39. The monoisotopic (exact) mass is 607 g/mol. The summed E-state index contributed by atoms with van der Waals surface area (Å²) < 4.78 is 13.4. The first-order valence-corrected chi connectivity index (χ1v) is 14.2. The largest absolute Gasteiger partial charge is 0.492 e. The first-order valence-electron chi connectivity index (χ1n) is 13.0. The molecule has 9 heteroatoms. The Kier molecular flexibility index (Phi) is 8.31. The van der Waals surface area contributed by atoms with Crippen LogP contribution in [0.2, 0.25) is 5.02 Å². The van der Waals surface area contributed by atoms with Crippen molar-refractivity contribution in [2.75, 3.05) is 25.5 Å². The molecular weight excluding hydrogens is 578 g/mol. The number of hydrogen-bond acceptors (Lipinski definition) is 7. The number of likely N-dealkylation sites (tertiary alicyclic amines) is 1. The van der Waals surface area contributed by atoms with Gasteiger partial charge >= 0.3 is 0 Å². The van der Waals surface area contributed by atoms with Crippen LogP contribution in [0.15, 0.2) is 86.3 Å². The van der Waals surface area contributed by atoms with Crippen LogP contribution in [0.1, 0.15) is 25.3 Å². The zero-order chi connectivity index (χ0) is 27.5. The number of rotatable bonds is 7. The fourth-order valence-electron chi connectivity index (χ4n) is 5.07. The van der Waals surface area contributed by atoms with Gasteiger partial charge in [-0.1, -0.05) is 46.6 Å². The van der Waals surface area contributed by atoms with Gasteiger partial charge in [0.05, 0.1) is 28.0 Å². The van der Waals surface area contributed by atoms with E-state index in [4.69, 9.17) is 31.8 Å². The van der Waals surface area contributed by atoms with Crippen molar-refractivity contribution >= 4 is 39.4 Å². The van der Waals surface area contributed by atoms with E-state index in [0.29, 0.717) is 34.3 Å². The lowest BCUT2D eigenvalue weighted by atomic mass is 9.83. The molecule has 202 valence electrons. The van der Waals surface area contributed by atoms with Gasteiger partial charge in [-0.05, 0) is 61.9 Å². The van der Waals surface area contributed by atoms with E-state index in [1.165, 1.54) is 0 Å². The predicted octanol–water partition coefficient (Wildman–Crippen LogP) is 6.18. The maximum atomic E-state index is 9.86. The molecule has 0 aromatic heterocycles. The second kappa shape index (κ2) is 11.9. The SMILES string of the molecule is CC1C(OC2CCN(C)CC2)=C(N)C=C2C(Nc3ccc(OCc4ccc(Br)cc4)c(Cl)c3)=C(C#N)C=NC21. The third kappa shape index (κ3) is 6.17. The number of nitrogens with two attached hydrogens (primary N) is 1. The summed E-state index contributed by atoms with van der Waals surface area (Å²) in [6, 6.07) is 15.5. The average Bonchev–Trinajstić information content (AvgIpc) is 2.93. The number of ether oxygens (including phenoxy) is 2. The highest BCUT2D eigenvalue weighted by molar-refractivity contribution is 9.10. The van der Waals surface area contributed by atoms with E-state index in [0.717, 1.165) is 53.0 Å². The number of dihydropyridines is 1. The number of fused-ring (bicyclic) bond motifs is 1. The number of allylic oxidation sites excluding steroid dienone is 2. The summed E-state index contributed by atoms with van der Waals surface area (Å²) in [6.07, 6.45) is 5.61. The Morgan fingerprint density at radius 3 is 2.64 bits per heavy atom. The van der Waals surface area contributed by atoms with Gasteiger partial charge in [0.2, 0.25) is 0 Å². The normalized spacial score (nSPS) is 21.8. The van der Waals surface area contributed by atoms with E-state index in [1.54, 1.807) is 12.3 Å². The van der Waals surface area contributed by atoms with Gasteiger partial charge in [0.25, 0.3) is 0 Å². The van der Waals surface area contributed by atoms with Crippen LogP contribution in [0.25, 0.3) is 0 Å². The Morgan fingerprint density at radius 2 is 1.95 bits per heavy atom. The van der Waals surface area contributed by atoms with Crippen LogP contribution in [-0.2, 0) is 11.3 Å². The molecule has 7 nitrogen and oxygen atoms in total. The average molecular weight is 609 g/mol. The minimum atomic E-state index is -0.206. The molecule has 1 fully saturated rings. The van der Waals surface area contributed by atoms with E-state index in [9.17, 15) is 5.26 Å². The molecule has 2 unspecified atom stereocenters. The first-order chi connectivity index (χ1) is 18.8. The van der Waals surface area contributed by atoms with Crippen molar-refractivity contribution in [3.8, 4) is 11.8 Å². The number of halogens is 2. The fourth-order valence-corrected chi connectivity index (χ4v) is 5.57. The molecule has 5 rings (SSSR count). The summed E-state index contributed by atoms with van der Waals surface area (Å²) in [5, 5.41) is 13.7. The molecule has 3 N–H and O–H groups in total. The molecule has 3 aliphatic rings. The number of benzene rings is 2. The van der Waals surface area contributed by atoms with E-state index < -0.39 is 0 Å². The van der Waals surface area contributed by atoms with Crippen LogP contribution in [0.3, 0.4) is 0 Å². The third-order valence-corrected chi connectivity index (χ3v) is 8.14. The van der Waals surface area contributed by atoms with Crippen molar-refractivity contribution in [2.24, 2.45) is 16.6 Å². The maximum Gasteiger partial charge on any atom is 0.138 e. The van der Waals surface area contributed by atoms with Gasteiger partial charge in [-0.15, -0.1) is 0 Å². The zero-order valence-corrected chi connectivity index (χ0v) is 24.3. The molecule has 0 spiro atoms. The quantitative estimate of drug-likeness (QED) is 0.390. The van der Waals surface area contributed by atoms with Gasteiger partial charge < -0.3 is 25.4 Å². The summed E-state index contributed by atoms with van der Waals surface area (Å²) in [6.45, 7) is 4.50. The summed E-state index contributed by atoms with van der Waals surface area (Å²) in [7, 11) is 2.13. The van der Waals surface area contributed by atoms with Gasteiger partial charge in [0.1, 0.15) is 30.3 Å². The number of aliphatic imine (C=N–C) groups is 1. The van der Waals surface area contributed by atoms with Crippen molar-refractivity contribution in [1.82, 2.24) is 4.90 Å². The standard InChI is InChI=1S/C30H31BrClN5O2/c1-18-28-24(14-26(34)30(18)39-23-9-11-37(2)12-10-23)29(20(15-33)16-35-28)36-22-7-8-27(25(32)13-22)38-17-19-3-5-21(31)6-4-19/h3-8,13-14,16,18,23,28,36H,9-12,17,34H2,1-2H3. The van der Waals surface area contributed by atoms with E-state index >= 15 is 0 Å². The van der Waals surface area contributed by atoms with Gasteiger partial charge in [-0.25, -0.2) is 0 Å². The molecule has 2 heterocycles. The molecule has 1 aliphatic carbocycles. The smallest absolute Gasteiger partial charge is 0.138 e. The predicted molar refractivity (Wildman–Crippen MR) is 159 cm³/mol. The Hall–Kier alpha value is -3.25. The number of anilines is 1. The summed E-state index contributed by atoms with van der Waals surface area (Å²) in [4.78, 5) is 7.03.